The molecule has 0 saturated carbocycles. The minimum absolute atomic E-state index is 0.0253. The number of halogens is 2. The van der Waals surface area contributed by atoms with Crippen LogP contribution < -0.4 is 5.56 Å². The summed E-state index contributed by atoms with van der Waals surface area (Å²) in [5.74, 6) is 0. The van der Waals surface area contributed by atoms with Gasteiger partial charge in [-0.2, -0.15) is 5.10 Å². The third-order valence-electron chi connectivity index (χ3n) is 1.95. The molecule has 0 aliphatic carbocycles. The Balaban J connectivity index is 3.06. The molecule has 0 bridgehead atoms. The van der Waals surface area contributed by atoms with Crippen LogP contribution in [0.25, 0.3) is 0 Å². The van der Waals surface area contributed by atoms with Crippen molar-refractivity contribution in [3.8, 4) is 0 Å². The lowest BCUT2D eigenvalue weighted by Gasteiger charge is -2.18. The molecule has 1 rings (SSSR count). The van der Waals surface area contributed by atoms with Crippen molar-refractivity contribution in [2.45, 2.75) is 13.0 Å². The fourth-order valence-electron chi connectivity index (χ4n) is 1.34. The molecule has 0 radical (unpaired) electrons. The van der Waals surface area contributed by atoms with Crippen LogP contribution in [0, 0.1) is 0 Å². The maximum Gasteiger partial charge on any atom is 0.287 e. The SMILES string of the molecule is CC(CN(C)C)n1ncc(Cl)c(Cl)c1=O. The van der Waals surface area contributed by atoms with Crippen molar-refractivity contribution in [3.63, 3.8) is 0 Å². The summed E-state index contributed by atoms with van der Waals surface area (Å²) >= 11 is 11.4. The lowest BCUT2D eigenvalue weighted by molar-refractivity contribution is 0.315. The molecule has 0 aliphatic heterocycles. The molecule has 0 spiro atoms. The van der Waals surface area contributed by atoms with E-state index in [0.717, 1.165) is 0 Å². The number of nitrogens with zero attached hydrogens (tertiary/aromatic N) is 3. The average Bonchev–Trinajstić information content (AvgIpc) is 2.13. The molecule has 6 heteroatoms. The Morgan fingerprint density at radius 2 is 2.13 bits per heavy atom. The standard InChI is InChI=1S/C9H13Cl2N3O/c1-6(5-13(2)3)14-9(15)8(11)7(10)4-12-14/h4,6H,5H2,1-3H3. The zero-order chi connectivity index (χ0) is 11.6. The van der Waals surface area contributed by atoms with Gasteiger partial charge >= 0.3 is 0 Å². The van der Waals surface area contributed by atoms with Gasteiger partial charge in [-0.1, -0.05) is 23.2 Å². The van der Waals surface area contributed by atoms with E-state index >= 15 is 0 Å². The van der Waals surface area contributed by atoms with Gasteiger partial charge in [-0.3, -0.25) is 4.79 Å². The van der Waals surface area contributed by atoms with E-state index in [1.165, 1.54) is 10.9 Å². The lowest BCUT2D eigenvalue weighted by atomic mass is 10.3. The molecule has 4 nitrogen and oxygen atoms in total. The summed E-state index contributed by atoms with van der Waals surface area (Å²) in [6.07, 6.45) is 1.39. The highest BCUT2D eigenvalue weighted by atomic mass is 35.5. The van der Waals surface area contributed by atoms with E-state index in [-0.39, 0.29) is 21.6 Å². The van der Waals surface area contributed by atoms with Crippen molar-refractivity contribution in [3.05, 3.63) is 26.6 Å². The number of rotatable bonds is 3. The predicted octanol–water partition coefficient (Wildman–Crippen LogP) is 1.67. The first kappa shape index (κ1) is 12.5. The summed E-state index contributed by atoms with van der Waals surface area (Å²) in [5.41, 5.74) is -0.349. The first-order chi connectivity index (χ1) is 6.93. The van der Waals surface area contributed by atoms with Crippen molar-refractivity contribution in [2.24, 2.45) is 0 Å². The highest BCUT2D eigenvalue weighted by Gasteiger charge is 2.13. The summed E-state index contributed by atoms with van der Waals surface area (Å²) < 4.78 is 1.34. The van der Waals surface area contributed by atoms with Crippen molar-refractivity contribution in [2.75, 3.05) is 20.6 Å². The zero-order valence-corrected chi connectivity index (χ0v) is 10.4. The van der Waals surface area contributed by atoms with E-state index in [1.807, 2.05) is 25.9 Å². The van der Waals surface area contributed by atoms with E-state index in [0.29, 0.717) is 6.54 Å². The Morgan fingerprint density at radius 1 is 1.53 bits per heavy atom. The molecule has 0 N–H and O–H groups in total. The molecular weight excluding hydrogens is 237 g/mol. The average molecular weight is 250 g/mol. The molecule has 84 valence electrons. The highest BCUT2D eigenvalue weighted by molar-refractivity contribution is 6.41. The van der Waals surface area contributed by atoms with E-state index in [4.69, 9.17) is 23.2 Å². The van der Waals surface area contributed by atoms with Gasteiger partial charge in [-0.25, -0.2) is 4.68 Å². The van der Waals surface area contributed by atoms with Crippen LogP contribution in [0.1, 0.15) is 13.0 Å². The molecule has 0 aliphatic rings. The van der Waals surface area contributed by atoms with Gasteiger partial charge in [0.25, 0.3) is 5.56 Å². The normalized spacial score (nSPS) is 13.2. The second kappa shape index (κ2) is 4.96. The van der Waals surface area contributed by atoms with E-state index in [1.54, 1.807) is 0 Å². The molecule has 1 unspecified atom stereocenters. The Bertz CT molecular complexity index is 403. The van der Waals surface area contributed by atoms with Gasteiger partial charge in [0, 0.05) is 6.54 Å². The Hall–Kier alpha value is -0.580. The van der Waals surface area contributed by atoms with Crippen LogP contribution in [0.2, 0.25) is 10.0 Å². The summed E-state index contributed by atoms with van der Waals surface area (Å²) in [7, 11) is 3.86. The first-order valence-corrected chi connectivity index (χ1v) is 5.26. The fourth-order valence-corrected chi connectivity index (χ4v) is 1.60. The molecule has 1 atom stereocenters. The molecule has 15 heavy (non-hydrogen) atoms. The zero-order valence-electron chi connectivity index (χ0n) is 8.87. The molecule has 0 amide bonds. The molecule has 1 heterocycles. The van der Waals surface area contributed by atoms with Crippen molar-refractivity contribution in [1.29, 1.82) is 0 Å². The van der Waals surface area contributed by atoms with E-state index in [9.17, 15) is 4.79 Å². The summed E-state index contributed by atoms with van der Waals surface area (Å²) in [4.78, 5) is 13.7. The van der Waals surface area contributed by atoms with Gasteiger partial charge < -0.3 is 4.90 Å². The number of aromatic nitrogens is 2. The molecule has 0 aromatic carbocycles. The molecule has 1 aromatic rings. The first-order valence-electron chi connectivity index (χ1n) is 4.51. The minimum atomic E-state index is -0.349. The molecule has 1 aromatic heterocycles. The number of hydrogen-bond acceptors (Lipinski definition) is 3. The predicted molar refractivity (Wildman–Crippen MR) is 61.8 cm³/mol. The maximum atomic E-state index is 11.7. The highest BCUT2D eigenvalue weighted by Crippen LogP contribution is 2.15. The fraction of sp³-hybridized carbons (Fsp3) is 0.556. The smallest absolute Gasteiger partial charge is 0.287 e. The van der Waals surface area contributed by atoms with Gasteiger partial charge in [0.05, 0.1) is 17.3 Å². The van der Waals surface area contributed by atoms with Gasteiger partial charge in [-0.15, -0.1) is 0 Å². The van der Waals surface area contributed by atoms with Crippen LogP contribution in [0.4, 0.5) is 0 Å². The van der Waals surface area contributed by atoms with Crippen LogP contribution in [0.5, 0.6) is 0 Å². The maximum absolute atomic E-state index is 11.7. The molecule has 0 saturated heterocycles. The topological polar surface area (TPSA) is 38.1 Å². The molecular formula is C9H13Cl2N3O. The van der Waals surface area contributed by atoms with Crippen LogP contribution in [0.3, 0.4) is 0 Å². The van der Waals surface area contributed by atoms with Crippen molar-refractivity contribution >= 4 is 23.2 Å². The summed E-state index contributed by atoms with van der Waals surface area (Å²) in [5, 5.41) is 4.17. The number of hydrogen-bond donors (Lipinski definition) is 0. The quantitative estimate of drug-likeness (QED) is 0.819. The third-order valence-corrected chi connectivity index (χ3v) is 2.70. The largest absolute Gasteiger partial charge is 0.307 e. The van der Waals surface area contributed by atoms with Gasteiger partial charge in [0.15, 0.2) is 0 Å². The van der Waals surface area contributed by atoms with Crippen LogP contribution in [-0.4, -0.2) is 35.3 Å². The van der Waals surface area contributed by atoms with E-state index < -0.39 is 0 Å². The molecule has 0 fully saturated rings. The van der Waals surface area contributed by atoms with Gasteiger partial charge in [0.1, 0.15) is 5.02 Å². The van der Waals surface area contributed by atoms with Gasteiger partial charge in [0.2, 0.25) is 0 Å². The lowest BCUT2D eigenvalue weighted by Crippen LogP contribution is -2.32. The minimum Gasteiger partial charge on any atom is -0.307 e. The second-order valence-corrected chi connectivity index (χ2v) is 4.45. The summed E-state index contributed by atoms with van der Waals surface area (Å²) in [6, 6.07) is -0.0396. The third kappa shape index (κ3) is 2.93. The van der Waals surface area contributed by atoms with Crippen molar-refractivity contribution < 1.29 is 0 Å². The Labute approximate surface area is 98.4 Å². The van der Waals surface area contributed by atoms with Crippen molar-refractivity contribution in [1.82, 2.24) is 14.7 Å². The van der Waals surface area contributed by atoms with Crippen LogP contribution in [-0.2, 0) is 0 Å². The van der Waals surface area contributed by atoms with E-state index in [2.05, 4.69) is 5.10 Å². The number of likely N-dealkylation sites (N-methyl/N-ethyl adjacent to an activating group) is 1. The Morgan fingerprint density at radius 3 is 2.67 bits per heavy atom. The van der Waals surface area contributed by atoms with Gasteiger partial charge in [-0.05, 0) is 21.0 Å². The van der Waals surface area contributed by atoms with Crippen LogP contribution in [0.15, 0.2) is 11.0 Å². The second-order valence-electron chi connectivity index (χ2n) is 3.67. The summed E-state index contributed by atoms with van der Waals surface area (Å²) in [6.45, 7) is 2.61. The van der Waals surface area contributed by atoms with Crippen LogP contribution >= 0.6 is 23.2 Å². The Kier molecular flexibility index (Phi) is 4.13. The monoisotopic (exact) mass is 249 g/mol.